The van der Waals surface area contributed by atoms with E-state index in [1.54, 1.807) is 39.9 Å². The van der Waals surface area contributed by atoms with Crippen molar-refractivity contribution in [1.29, 1.82) is 0 Å². The van der Waals surface area contributed by atoms with Crippen molar-refractivity contribution in [1.82, 2.24) is 13.7 Å². The van der Waals surface area contributed by atoms with Gasteiger partial charge in [0, 0.05) is 42.3 Å². The van der Waals surface area contributed by atoms with Crippen LogP contribution >= 0.6 is 11.3 Å². The fraction of sp³-hybridized carbons (Fsp3) is 0.115. The minimum atomic E-state index is -3.63. The van der Waals surface area contributed by atoms with Crippen LogP contribution in [0.5, 0.6) is 0 Å². The summed E-state index contributed by atoms with van der Waals surface area (Å²) in [6, 6.07) is 28.4. The molecule has 0 bridgehead atoms. The molecule has 0 unspecified atom stereocenters. The van der Waals surface area contributed by atoms with Crippen LogP contribution in [0.3, 0.4) is 0 Å². The third kappa shape index (κ3) is 4.61. The molecular formula is C26H23N3O2S2. The molecule has 2 heterocycles. The summed E-state index contributed by atoms with van der Waals surface area (Å²) in [5.41, 5.74) is 3.99. The second-order valence-corrected chi connectivity index (χ2v) is 10.5. The molecule has 33 heavy (non-hydrogen) atoms. The molecule has 0 atom stereocenters. The van der Waals surface area contributed by atoms with E-state index < -0.39 is 10.0 Å². The molecule has 2 aromatic heterocycles. The molecule has 0 fully saturated rings. The summed E-state index contributed by atoms with van der Waals surface area (Å²) < 4.78 is 30.6. The van der Waals surface area contributed by atoms with E-state index in [0.29, 0.717) is 24.4 Å². The van der Waals surface area contributed by atoms with Gasteiger partial charge in [-0.3, -0.25) is 4.40 Å². The van der Waals surface area contributed by atoms with Crippen LogP contribution in [0.2, 0.25) is 0 Å². The maximum absolute atomic E-state index is 13.5. The first-order valence-corrected chi connectivity index (χ1v) is 13.0. The van der Waals surface area contributed by atoms with E-state index in [-0.39, 0.29) is 0 Å². The summed E-state index contributed by atoms with van der Waals surface area (Å²) in [6.07, 6.45) is 2.62. The number of hydrogen-bond acceptors (Lipinski definition) is 4. The Morgan fingerprint density at radius 3 is 2.18 bits per heavy atom. The lowest BCUT2D eigenvalue weighted by Gasteiger charge is -2.22. The van der Waals surface area contributed by atoms with Crippen molar-refractivity contribution in [2.45, 2.75) is 17.9 Å². The molecular weight excluding hydrogens is 450 g/mol. The van der Waals surface area contributed by atoms with Crippen molar-refractivity contribution >= 4 is 26.3 Å². The van der Waals surface area contributed by atoms with Gasteiger partial charge in [-0.15, -0.1) is 11.3 Å². The van der Waals surface area contributed by atoms with Gasteiger partial charge in [0.05, 0.1) is 10.6 Å². The predicted octanol–water partition coefficient (Wildman–Crippen LogP) is 5.50. The topological polar surface area (TPSA) is 54.7 Å². The van der Waals surface area contributed by atoms with Gasteiger partial charge >= 0.3 is 0 Å². The number of fused-ring (bicyclic) bond motifs is 1. The maximum Gasteiger partial charge on any atom is 0.243 e. The lowest BCUT2D eigenvalue weighted by atomic mass is 10.2. The van der Waals surface area contributed by atoms with Gasteiger partial charge in [-0.25, -0.2) is 13.4 Å². The number of imidazole rings is 1. The fourth-order valence-corrected chi connectivity index (χ4v) is 6.17. The zero-order chi connectivity index (χ0) is 22.7. The quantitative estimate of drug-likeness (QED) is 0.299. The Bertz CT molecular complexity index is 1450. The number of sulfonamides is 1. The molecule has 0 N–H and O–H groups in total. The molecule has 0 saturated heterocycles. The standard InChI is InChI=1S/C26H23N3O2S2/c30-33(31,24-14-8-3-9-15-24)28(18-21-10-4-1-5-11-21)17-16-23-20-32-26-27-25(19-29(23)26)22-12-6-2-7-13-22/h1-15,19-20H,16-18H2. The molecule has 166 valence electrons. The van der Waals surface area contributed by atoms with E-state index in [0.717, 1.165) is 27.5 Å². The van der Waals surface area contributed by atoms with E-state index in [2.05, 4.69) is 9.78 Å². The van der Waals surface area contributed by atoms with Crippen LogP contribution < -0.4 is 0 Å². The van der Waals surface area contributed by atoms with Crippen LogP contribution in [-0.4, -0.2) is 28.7 Å². The largest absolute Gasteiger partial charge is 0.294 e. The normalized spacial score (nSPS) is 11.9. The molecule has 0 saturated carbocycles. The Balaban J connectivity index is 1.43. The minimum absolute atomic E-state index is 0.311. The highest BCUT2D eigenvalue weighted by Crippen LogP contribution is 2.25. The van der Waals surface area contributed by atoms with E-state index in [1.807, 2.05) is 72.9 Å². The number of benzene rings is 3. The molecule has 0 aliphatic carbocycles. The molecule has 7 heteroatoms. The second-order valence-electron chi connectivity index (χ2n) is 7.76. The van der Waals surface area contributed by atoms with Crippen molar-refractivity contribution in [3.63, 3.8) is 0 Å². The summed E-state index contributed by atoms with van der Waals surface area (Å²) in [6.45, 7) is 0.696. The molecule has 0 radical (unpaired) electrons. The van der Waals surface area contributed by atoms with Gasteiger partial charge in [-0.1, -0.05) is 78.9 Å². The molecule has 0 spiro atoms. The molecule has 0 aliphatic rings. The number of thiazole rings is 1. The van der Waals surface area contributed by atoms with Crippen LogP contribution in [0.1, 0.15) is 11.3 Å². The zero-order valence-corrected chi connectivity index (χ0v) is 19.5. The first kappa shape index (κ1) is 21.6. The highest BCUT2D eigenvalue weighted by Gasteiger charge is 2.25. The third-order valence-electron chi connectivity index (χ3n) is 5.55. The van der Waals surface area contributed by atoms with E-state index >= 15 is 0 Å². The van der Waals surface area contributed by atoms with Gasteiger partial charge in [0.2, 0.25) is 10.0 Å². The first-order chi connectivity index (χ1) is 16.1. The third-order valence-corrected chi connectivity index (χ3v) is 8.30. The zero-order valence-electron chi connectivity index (χ0n) is 17.9. The van der Waals surface area contributed by atoms with Crippen LogP contribution in [-0.2, 0) is 23.0 Å². The summed E-state index contributed by atoms with van der Waals surface area (Å²) in [5, 5.41) is 2.06. The Labute approximate surface area is 197 Å². The van der Waals surface area contributed by atoms with Gasteiger partial charge in [-0.05, 0) is 17.7 Å². The fourth-order valence-electron chi connectivity index (χ4n) is 3.81. The maximum atomic E-state index is 13.5. The number of rotatable bonds is 8. The Morgan fingerprint density at radius 2 is 1.48 bits per heavy atom. The molecule has 5 aromatic rings. The van der Waals surface area contributed by atoms with Crippen LogP contribution in [0.4, 0.5) is 0 Å². The molecule has 3 aromatic carbocycles. The summed E-state index contributed by atoms with van der Waals surface area (Å²) in [5.74, 6) is 0. The van der Waals surface area contributed by atoms with Gasteiger partial charge < -0.3 is 0 Å². The highest BCUT2D eigenvalue weighted by atomic mass is 32.2. The summed E-state index contributed by atoms with van der Waals surface area (Å²) in [7, 11) is -3.63. The van der Waals surface area contributed by atoms with Crippen LogP contribution in [0, 0.1) is 0 Å². The minimum Gasteiger partial charge on any atom is -0.294 e. The average molecular weight is 474 g/mol. The Morgan fingerprint density at radius 1 is 0.848 bits per heavy atom. The molecule has 0 amide bonds. The van der Waals surface area contributed by atoms with Gasteiger partial charge in [0.1, 0.15) is 0 Å². The van der Waals surface area contributed by atoms with Crippen molar-refractivity contribution in [2.24, 2.45) is 0 Å². The van der Waals surface area contributed by atoms with Crippen molar-refractivity contribution in [3.8, 4) is 11.3 Å². The number of nitrogens with zero attached hydrogens (tertiary/aromatic N) is 3. The van der Waals surface area contributed by atoms with Gasteiger partial charge in [0.25, 0.3) is 0 Å². The number of aromatic nitrogens is 2. The lowest BCUT2D eigenvalue weighted by molar-refractivity contribution is 0.408. The summed E-state index contributed by atoms with van der Waals surface area (Å²) in [4.78, 5) is 5.96. The summed E-state index contributed by atoms with van der Waals surface area (Å²) >= 11 is 1.57. The van der Waals surface area contributed by atoms with E-state index in [1.165, 1.54) is 0 Å². The second kappa shape index (κ2) is 9.31. The monoisotopic (exact) mass is 473 g/mol. The van der Waals surface area contributed by atoms with E-state index in [4.69, 9.17) is 4.98 Å². The SMILES string of the molecule is O=S(=O)(c1ccccc1)N(CCc1csc2nc(-c3ccccc3)cn12)Cc1ccccc1. The van der Waals surface area contributed by atoms with Crippen LogP contribution in [0.15, 0.2) is 107 Å². The predicted molar refractivity (Wildman–Crippen MR) is 133 cm³/mol. The Kier molecular flexibility index (Phi) is 6.09. The molecule has 5 rings (SSSR count). The van der Waals surface area contributed by atoms with Crippen molar-refractivity contribution < 1.29 is 8.42 Å². The van der Waals surface area contributed by atoms with E-state index in [9.17, 15) is 8.42 Å². The number of hydrogen-bond donors (Lipinski definition) is 0. The molecule has 0 aliphatic heterocycles. The van der Waals surface area contributed by atoms with Crippen molar-refractivity contribution in [2.75, 3.05) is 6.54 Å². The van der Waals surface area contributed by atoms with Crippen LogP contribution in [0.25, 0.3) is 16.2 Å². The van der Waals surface area contributed by atoms with Crippen molar-refractivity contribution in [3.05, 3.63) is 114 Å². The molecule has 5 nitrogen and oxygen atoms in total. The highest BCUT2D eigenvalue weighted by molar-refractivity contribution is 7.89. The lowest BCUT2D eigenvalue weighted by Crippen LogP contribution is -2.32. The van der Waals surface area contributed by atoms with Gasteiger partial charge in [0.15, 0.2) is 4.96 Å². The van der Waals surface area contributed by atoms with Gasteiger partial charge in [-0.2, -0.15) is 4.31 Å². The Hall–Kier alpha value is -3.26. The average Bonchev–Trinajstić information content (AvgIpc) is 3.45. The smallest absolute Gasteiger partial charge is 0.243 e. The first-order valence-electron chi connectivity index (χ1n) is 10.7.